The Kier molecular flexibility index (Phi) is 8.05. The monoisotopic (exact) mass is 418 g/mol. The summed E-state index contributed by atoms with van der Waals surface area (Å²) >= 11 is 0. The van der Waals surface area contributed by atoms with E-state index in [0.717, 1.165) is 23.4 Å². The summed E-state index contributed by atoms with van der Waals surface area (Å²) in [7, 11) is 0. The molecule has 0 radical (unpaired) electrons. The third-order valence-corrected chi connectivity index (χ3v) is 4.35. The topological polar surface area (TPSA) is 76.7 Å². The molecule has 3 aromatic carbocycles. The van der Waals surface area contributed by atoms with Crippen molar-refractivity contribution >= 4 is 17.5 Å². The summed E-state index contributed by atoms with van der Waals surface area (Å²) in [5.74, 6) is 1.77. The van der Waals surface area contributed by atoms with Crippen LogP contribution >= 0.6 is 0 Å². The van der Waals surface area contributed by atoms with E-state index >= 15 is 0 Å². The van der Waals surface area contributed by atoms with Gasteiger partial charge in [-0.2, -0.15) is 0 Å². The molecular formula is C25H26N2O4. The highest BCUT2D eigenvalue weighted by Gasteiger charge is 2.06. The zero-order valence-corrected chi connectivity index (χ0v) is 17.5. The molecule has 0 saturated heterocycles. The Morgan fingerprint density at radius 3 is 2.26 bits per heavy atom. The number of amides is 2. The van der Waals surface area contributed by atoms with Crippen molar-refractivity contribution in [1.82, 2.24) is 5.32 Å². The molecule has 0 aliphatic rings. The van der Waals surface area contributed by atoms with Gasteiger partial charge in [-0.3, -0.25) is 9.59 Å². The van der Waals surface area contributed by atoms with Crippen molar-refractivity contribution in [3.8, 4) is 17.2 Å². The van der Waals surface area contributed by atoms with E-state index in [4.69, 9.17) is 9.47 Å². The van der Waals surface area contributed by atoms with Gasteiger partial charge < -0.3 is 20.1 Å². The molecule has 0 saturated carbocycles. The molecule has 0 bridgehead atoms. The maximum absolute atomic E-state index is 12.1. The Morgan fingerprint density at radius 1 is 0.806 bits per heavy atom. The van der Waals surface area contributed by atoms with Gasteiger partial charge in [0.25, 0.3) is 5.91 Å². The molecule has 0 aliphatic heterocycles. The van der Waals surface area contributed by atoms with E-state index in [1.165, 1.54) is 0 Å². The highest BCUT2D eigenvalue weighted by Crippen LogP contribution is 2.23. The molecule has 0 atom stereocenters. The standard InChI is InChI=1S/C25H26N2O4/c1-2-7-24(28)27-20-9-6-8-19(16-20)17-26-25(29)18-30-21-12-14-23(15-13-21)31-22-10-4-3-5-11-22/h3-6,8-16H,2,7,17-18H2,1H3,(H,26,29)(H,27,28). The summed E-state index contributed by atoms with van der Waals surface area (Å²) in [4.78, 5) is 23.8. The van der Waals surface area contributed by atoms with Gasteiger partial charge in [-0.1, -0.05) is 37.3 Å². The van der Waals surface area contributed by atoms with Crippen LogP contribution in [0.5, 0.6) is 17.2 Å². The van der Waals surface area contributed by atoms with Crippen LogP contribution in [0.25, 0.3) is 0 Å². The molecule has 3 rings (SSSR count). The number of para-hydroxylation sites is 1. The van der Waals surface area contributed by atoms with Crippen molar-refractivity contribution in [2.24, 2.45) is 0 Å². The van der Waals surface area contributed by atoms with Crippen molar-refractivity contribution in [3.05, 3.63) is 84.4 Å². The van der Waals surface area contributed by atoms with Gasteiger partial charge in [0.2, 0.25) is 5.91 Å². The lowest BCUT2D eigenvalue weighted by molar-refractivity contribution is -0.123. The van der Waals surface area contributed by atoms with Gasteiger partial charge in [-0.15, -0.1) is 0 Å². The summed E-state index contributed by atoms with van der Waals surface area (Å²) in [6, 6.07) is 24.0. The highest BCUT2D eigenvalue weighted by molar-refractivity contribution is 5.90. The number of carbonyl (C=O) groups excluding carboxylic acids is 2. The molecule has 0 unspecified atom stereocenters. The third kappa shape index (κ3) is 7.51. The molecule has 6 heteroatoms. The molecule has 2 N–H and O–H groups in total. The van der Waals surface area contributed by atoms with Crippen molar-refractivity contribution < 1.29 is 19.1 Å². The minimum absolute atomic E-state index is 0.0164. The van der Waals surface area contributed by atoms with Crippen molar-refractivity contribution in [2.45, 2.75) is 26.3 Å². The molecule has 31 heavy (non-hydrogen) atoms. The Labute approximate surface area is 182 Å². The van der Waals surface area contributed by atoms with Gasteiger partial charge in [0.1, 0.15) is 17.2 Å². The predicted molar refractivity (Wildman–Crippen MR) is 120 cm³/mol. The molecule has 0 aromatic heterocycles. The van der Waals surface area contributed by atoms with Gasteiger partial charge in [0, 0.05) is 18.7 Å². The van der Waals surface area contributed by atoms with Gasteiger partial charge in [0.15, 0.2) is 6.61 Å². The largest absolute Gasteiger partial charge is 0.484 e. The van der Waals surface area contributed by atoms with Crippen LogP contribution in [-0.4, -0.2) is 18.4 Å². The summed E-state index contributed by atoms with van der Waals surface area (Å²) in [6.45, 7) is 2.22. The predicted octanol–water partition coefficient (Wildman–Crippen LogP) is 4.91. The normalized spacial score (nSPS) is 10.2. The maximum atomic E-state index is 12.1. The van der Waals surface area contributed by atoms with Crippen LogP contribution in [-0.2, 0) is 16.1 Å². The zero-order chi connectivity index (χ0) is 21.9. The van der Waals surface area contributed by atoms with E-state index in [2.05, 4.69) is 10.6 Å². The van der Waals surface area contributed by atoms with E-state index in [0.29, 0.717) is 24.5 Å². The Bertz CT molecular complexity index is 988. The molecule has 0 heterocycles. The number of benzene rings is 3. The van der Waals surface area contributed by atoms with Crippen LogP contribution in [0.15, 0.2) is 78.9 Å². The van der Waals surface area contributed by atoms with E-state index in [9.17, 15) is 9.59 Å². The first kappa shape index (κ1) is 21.9. The minimum atomic E-state index is -0.231. The number of ether oxygens (including phenoxy) is 2. The average Bonchev–Trinajstić information content (AvgIpc) is 2.78. The number of carbonyl (C=O) groups is 2. The van der Waals surface area contributed by atoms with Crippen molar-refractivity contribution in [2.75, 3.05) is 11.9 Å². The van der Waals surface area contributed by atoms with E-state index in [-0.39, 0.29) is 18.4 Å². The number of hydrogen-bond acceptors (Lipinski definition) is 4. The molecule has 3 aromatic rings. The molecule has 0 aliphatic carbocycles. The molecule has 6 nitrogen and oxygen atoms in total. The number of nitrogens with one attached hydrogen (secondary N) is 2. The van der Waals surface area contributed by atoms with Gasteiger partial charge in [0.05, 0.1) is 0 Å². The van der Waals surface area contributed by atoms with Crippen LogP contribution in [0.4, 0.5) is 5.69 Å². The number of rotatable bonds is 10. The van der Waals surface area contributed by atoms with Crippen LogP contribution in [0, 0.1) is 0 Å². The lowest BCUT2D eigenvalue weighted by Crippen LogP contribution is -2.28. The lowest BCUT2D eigenvalue weighted by Gasteiger charge is -2.10. The van der Waals surface area contributed by atoms with Gasteiger partial charge >= 0.3 is 0 Å². The summed E-state index contributed by atoms with van der Waals surface area (Å²) in [5.41, 5.74) is 1.62. The Morgan fingerprint density at radius 2 is 1.52 bits per heavy atom. The average molecular weight is 418 g/mol. The second kappa shape index (κ2) is 11.4. The third-order valence-electron chi connectivity index (χ3n) is 4.35. The Hall–Kier alpha value is -3.80. The van der Waals surface area contributed by atoms with Gasteiger partial charge in [-0.05, 0) is 60.5 Å². The second-order valence-electron chi connectivity index (χ2n) is 6.95. The smallest absolute Gasteiger partial charge is 0.258 e. The first-order chi connectivity index (χ1) is 15.1. The highest BCUT2D eigenvalue weighted by atomic mass is 16.5. The fraction of sp³-hybridized carbons (Fsp3) is 0.200. The Balaban J connectivity index is 1.42. The first-order valence-corrected chi connectivity index (χ1v) is 10.2. The van der Waals surface area contributed by atoms with Crippen LogP contribution in [0.2, 0.25) is 0 Å². The SMILES string of the molecule is CCCC(=O)Nc1cccc(CNC(=O)COc2ccc(Oc3ccccc3)cc2)c1. The molecule has 0 fully saturated rings. The van der Waals surface area contributed by atoms with E-state index in [1.807, 2.05) is 61.5 Å². The zero-order valence-electron chi connectivity index (χ0n) is 17.5. The lowest BCUT2D eigenvalue weighted by atomic mass is 10.2. The van der Waals surface area contributed by atoms with Crippen molar-refractivity contribution in [3.63, 3.8) is 0 Å². The second-order valence-corrected chi connectivity index (χ2v) is 6.95. The van der Waals surface area contributed by atoms with E-state index < -0.39 is 0 Å². The summed E-state index contributed by atoms with van der Waals surface area (Å²) in [6.07, 6.45) is 1.28. The molecule has 0 spiro atoms. The molecular weight excluding hydrogens is 392 g/mol. The van der Waals surface area contributed by atoms with Crippen LogP contribution < -0.4 is 20.1 Å². The minimum Gasteiger partial charge on any atom is -0.484 e. The fourth-order valence-corrected chi connectivity index (χ4v) is 2.84. The van der Waals surface area contributed by atoms with Crippen LogP contribution in [0.1, 0.15) is 25.3 Å². The van der Waals surface area contributed by atoms with E-state index in [1.54, 1.807) is 24.3 Å². The number of anilines is 1. The van der Waals surface area contributed by atoms with Gasteiger partial charge in [-0.25, -0.2) is 0 Å². The fourth-order valence-electron chi connectivity index (χ4n) is 2.84. The summed E-state index contributed by atoms with van der Waals surface area (Å²) in [5, 5.41) is 5.67. The number of hydrogen-bond donors (Lipinski definition) is 2. The molecule has 2 amide bonds. The maximum Gasteiger partial charge on any atom is 0.258 e. The summed E-state index contributed by atoms with van der Waals surface area (Å²) < 4.78 is 11.3. The van der Waals surface area contributed by atoms with Crippen LogP contribution in [0.3, 0.4) is 0 Å². The first-order valence-electron chi connectivity index (χ1n) is 10.2. The van der Waals surface area contributed by atoms with Crippen molar-refractivity contribution in [1.29, 1.82) is 0 Å². The quantitative estimate of drug-likeness (QED) is 0.490. The molecule has 160 valence electrons.